The summed E-state index contributed by atoms with van der Waals surface area (Å²) in [4.78, 5) is 23.9. The number of carbonyl (C=O) groups is 2. The van der Waals surface area contributed by atoms with Gasteiger partial charge in [0, 0.05) is 13.3 Å². The highest BCUT2D eigenvalue weighted by Gasteiger charge is 2.48. The lowest BCUT2D eigenvalue weighted by atomic mass is 9.67. The summed E-state index contributed by atoms with van der Waals surface area (Å²) in [7, 11) is 0. The Bertz CT molecular complexity index is 440. The fraction of sp³-hybridized carbons (Fsp3) is 0.750. The standard InChI is InChI=1S/C16H26O4/c1-11(2)10-15(6,14(3,4)5)13(18)20-16(7)9-8-12(17)19-16/h10H,8-9H2,1-7H3. The SMILES string of the molecule is CC(C)=CC(C)(C(=O)OC1(C)CCC(=O)O1)C(C)(C)C. The van der Waals surface area contributed by atoms with E-state index in [2.05, 4.69) is 0 Å². The number of rotatable bonds is 3. The average molecular weight is 282 g/mol. The van der Waals surface area contributed by atoms with Gasteiger partial charge in [0.1, 0.15) is 0 Å². The first kappa shape index (κ1) is 16.7. The molecule has 0 radical (unpaired) electrons. The van der Waals surface area contributed by atoms with Crippen LogP contribution in [0.1, 0.15) is 61.3 Å². The summed E-state index contributed by atoms with van der Waals surface area (Å²) in [6.45, 7) is 13.4. The van der Waals surface area contributed by atoms with E-state index in [1.54, 1.807) is 6.92 Å². The van der Waals surface area contributed by atoms with Crippen LogP contribution in [0.4, 0.5) is 0 Å². The van der Waals surface area contributed by atoms with Gasteiger partial charge in [-0.3, -0.25) is 9.59 Å². The maximum Gasteiger partial charge on any atom is 0.319 e. The van der Waals surface area contributed by atoms with Gasteiger partial charge in [-0.05, 0) is 26.2 Å². The van der Waals surface area contributed by atoms with E-state index in [0.717, 1.165) is 5.57 Å². The molecule has 1 saturated heterocycles. The number of cyclic esters (lactones) is 1. The van der Waals surface area contributed by atoms with Gasteiger partial charge in [-0.1, -0.05) is 32.4 Å². The number of ether oxygens (including phenoxy) is 2. The zero-order valence-electron chi connectivity index (χ0n) is 13.6. The van der Waals surface area contributed by atoms with Crippen LogP contribution in [0, 0.1) is 10.8 Å². The van der Waals surface area contributed by atoms with Gasteiger partial charge in [0.05, 0.1) is 11.8 Å². The van der Waals surface area contributed by atoms with Crippen molar-refractivity contribution in [2.24, 2.45) is 10.8 Å². The molecule has 0 bridgehead atoms. The van der Waals surface area contributed by atoms with Crippen LogP contribution in [0.3, 0.4) is 0 Å². The lowest BCUT2D eigenvalue weighted by molar-refractivity contribution is -0.216. The Morgan fingerprint density at radius 1 is 1.30 bits per heavy atom. The molecule has 0 N–H and O–H groups in total. The third kappa shape index (κ3) is 3.41. The Labute approximate surface area is 121 Å². The van der Waals surface area contributed by atoms with Crippen molar-refractivity contribution in [1.82, 2.24) is 0 Å². The summed E-state index contributed by atoms with van der Waals surface area (Å²) >= 11 is 0. The largest absolute Gasteiger partial charge is 0.423 e. The molecule has 0 aromatic carbocycles. The minimum atomic E-state index is -1.13. The lowest BCUT2D eigenvalue weighted by Crippen LogP contribution is -2.44. The molecule has 114 valence electrons. The maximum absolute atomic E-state index is 12.7. The molecule has 4 nitrogen and oxygen atoms in total. The lowest BCUT2D eigenvalue weighted by Gasteiger charge is -2.39. The molecule has 1 heterocycles. The quantitative estimate of drug-likeness (QED) is 0.586. The van der Waals surface area contributed by atoms with Crippen molar-refractivity contribution in [3.8, 4) is 0 Å². The topological polar surface area (TPSA) is 52.6 Å². The van der Waals surface area contributed by atoms with Crippen LogP contribution in [-0.4, -0.2) is 17.7 Å². The summed E-state index contributed by atoms with van der Waals surface area (Å²) in [5.74, 6) is -1.81. The van der Waals surface area contributed by atoms with Gasteiger partial charge < -0.3 is 9.47 Å². The van der Waals surface area contributed by atoms with E-state index in [-0.39, 0.29) is 17.4 Å². The molecule has 0 aromatic rings. The van der Waals surface area contributed by atoms with E-state index in [9.17, 15) is 9.59 Å². The summed E-state index contributed by atoms with van der Waals surface area (Å²) < 4.78 is 10.7. The number of esters is 2. The van der Waals surface area contributed by atoms with Crippen LogP contribution in [0.5, 0.6) is 0 Å². The smallest absolute Gasteiger partial charge is 0.319 e. The van der Waals surface area contributed by atoms with Gasteiger partial charge in [0.2, 0.25) is 0 Å². The monoisotopic (exact) mass is 282 g/mol. The third-order valence-corrected chi connectivity index (χ3v) is 3.98. The van der Waals surface area contributed by atoms with Crippen molar-refractivity contribution in [3.05, 3.63) is 11.6 Å². The van der Waals surface area contributed by atoms with Gasteiger partial charge in [-0.25, -0.2) is 0 Å². The third-order valence-electron chi connectivity index (χ3n) is 3.98. The second-order valence-electron chi connectivity index (χ2n) is 7.17. The maximum atomic E-state index is 12.7. The normalized spacial score (nSPS) is 25.6. The zero-order valence-corrected chi connectivity index (χ0v) is 13.6. The Morgan fingerprint density at radius 3 is 2.20 bits per heavy atom. The van der Waals surface area contributed by atoms with E-state index in [1.807, 2.05) is 47.6 Å². The van der Waals surface area contributed by atoms with Crippen molar-refractivity contribution >= 4 is 11.9 Å². The van der Waals surface area contributed by atoms with Crippen LogP contribution >= 0.6 is 0 Å². The first-order chi connectivity index (χ1) is 8.90. The minimum absolute atomic E-state index is 0.290. The molecule has 1 aliphatic heterocycles. The van der Waals surface area contributed by atoms with Crippen molar-refractivity contribution in [1.29, 1.82) is 0 Å². The van der Waals surface area contributed by atoms with Gasteiger partial charge in [-0.2, -0.15) is 0 Å². The van der Waals surface area contributed by atoms with Crippen LogP contribution in [0.15, 0.2) is 11.6 Å². The number of carbonyl (C=O) groups excluding carboxylic acids is 2. The predicted octanol–water partition coefficient (Wildman–Crippen LogP) is 3.60. The summed E-state index contributed by atoms with van der Waals surface area (Å²) in [6.07, 6.45) is 2.63. The predicted molar refractivity (Wildman–Crippen MR) is 76.8 cm³/mol. The Kier molecular flexibility index (Phi) is 4.37. The molecular formula is C16H26O4. The second kappa shape index (κ2) is 5.23. The zero-order chi connectivity index (χ0) is 15.8. The van der Waals surface area contributed by atoms with Crippen molar-refractivity contribution in [2.45, 2.75) is 67.1 Å². The Hall–Kier alpha value is -1.32. The second-order valence-corrected chi connectivity index (χ2v) is 7.17. The Morgan fingerprint density at radius 2 is 1.85 bits per heavy atom. The number of hydrogen-bond donors (Lipinski definition) is 0. The number of hydrogen-bond acceptors (Lipinski definition) is 4. The molecule has 0 aliphatic carbocycles. The molecule has 1 rings (SSSR count). The molecular weight excluding hydrogens is 256 g/mol. The summed E-state index contributed by atoms with van der Waals surface area (Å²) in [5.41, 5.74) is -0.0302. The fourth-order valence-corrected chi connectivity index (χ4v) is 2.20. The molecule has 2 atom stereocenters. The van der Waals surface area contributed by atoms with E-state index in [0.29, 0.717) is 12.8 Å². The summed E-state index contributed by atoms with van der Waals surface area (Å²) in [6, 6.07) is 0. The van der Waals surface area contributed by atoms with E-state index in [1.165, 1.54) is 0 Å². The highest BCUT2D eigenvalue weighted by atomic mass is 16.7. The molecule has 1 fully saturated rings. The number of allylic oxidation sites excluding steroid dienone is 1. The van der Waals surface area contributed by atoms with Gasteiger partial charge >= 0.3 is 11.9 Å². The van der Waals surface area contributed by atoms with Crippen molar-refractivity contribution < 1.29 is 19.1 Å². The van der Waals surface area contributed by atoms with Gasteiger partial charge in [-0.15, -0.1) is 0 Å². The van der Waals surface area contributed by atoms with Crippen LogP contribution < -0.4 is 0 Å². The first-order valence-electron chi connectivity index (χ1n) is 7.01. The molecule has 0 spiro atoms. The molecule has 20 heavy (non-hydrogen) atoms. The van der Waals surface area contributed by atoms with Gasteiger partial charge in [0.25, 0.3) is 5.79 Å². The van der Waals surface area contributed by atoms with E-state index in [4.69, 9.17) is 9.47 Å². The van der Waals surface area contributed by atoms with Crippen molar-refractivity contribution in [3.63, 3.8) is 0 Å². The fourth-order valence-electron chi connectivity index (χ4n) is 2.20. The van der Waals surface area contributed by atoms with Crippen molar-refractivity contribution in [2.75, 3.05) is 0 Å². The van der Waals surface area contributed by atoms with Crippen LogP contribution in [0.2, 0.25) is 0 Å². The molecule has 0 saturated carbocycles. The first-order valence-corrected chi connectivity index (χ1v) is 7.01. The van der Waals surface area contributed by atoms with Crippen LogP contribution in [-0.2, 0) is 19.1 Å². The van der Waals surface area contributed by atoms with Gasteiger partial charge in [0.15, 0.2) is 0 Å². The summed E-state index contributed by atoms with van der Waals surface area (Å²) in [5, 5.41) is 0. The average Bonchev–Trinajstić information content (AvgIpc) is 2.55. The Balaban J connectivity index is 3.02. The van der Waals surface area contributed by atoms with E-state index < -0.39 is 11.2 Å². The molecule has 1 aliphatic rings. The molecule has 4 heteroatoms. The highest BCUT2D eigenvalue weighted by molar-refractivity contribution is 5.81. The minimum Gasteiger partial charge on any atom is -0.423 e. The van der Waals surface area contributed by atoms with E-state index >= 15 is 0 Å². The highest BCUT2D eigenvalue weighted by Crippen LogP contribution is 2.43. The molecule has 0 aromatic heterocycles. The molecule has 0 amide bonds. The molecule has 2 unspecified atom stereocenters. The van der Waals surface area contributed by atoms with Crippen LogP contribution in [0.25, 0.3) is 0 Å².